The second-order valence-corrected chi connectivity index (χ2v) is 7.14. The van der Waals surface area contributed by atoms with Gasteiger partial charge >= 0.3 is 0 Å². The van der Waals surface area contributed by atoms with Gasteiger partial charge in [0.05, 0.1) is 23.2 Å². The molecular weight excluding hydrogens is 368 g/mol. The van der Waals surface area contributed by atoms with E-state index in [1.165, 1.54) is 23.5 Å². The first kappa shape index (κ1) is 17.8. The zero-order valence-electron chi connectivity index (χ0n) is 14.9. The van der Waals surface area contributed by atoms with Crippen LogP contribution in [0.4, 0.5) is 5.82 Å². The smallest absolute Gasteiger partial charge is 0.280 e. The number of halogens is 1. The fourth-order valence-electron chi connectivity index (χ4n) is 3.45. The minimum atomic E-state index is -0.526. The number of hydrogen-bond donors (Lipinski definition) is 0. The lowest BCUT2D eigenvalue weighted by Crippen LogP contribution is -2.48. The predicted molar refractivity (Wildman–Crippen MR) is 99.5 cm³/mol. The Morgan fingerprint density at radius 1 is 1.15 bits per heavy atom. The van der Waals surface area contributed by atoms with Crippen molar-refractivity contribution >= 4 is 29.2 Å². The molecule has 0 N–H and O–H groups in total. The predicted octanol–water partition coefficient (Wildman–Crippen LogP) is 1.39. The summed E-state index contributed by atoms with van der Waals surface area (Å²) in [6.45, 7) is 3.05. The molecular formula is C18H19ClN6O2. The van der Waals surface area contributed by atoms with Gasteiger partial charge in [0.1, 0.15) is 5.82 Å². The molecule has 0 radical (unpaired) electrons. The standard InChI is InChI=1S/C18H19ClN6O2/c1-23-6-8-24(9-7-23)15(26)10-13-16-17(21-5-4-20-16)18(27)25(13)14-3-2-12(19)11-22-14/h2-5,11,13H,6-10H2,1H3/t13-/m1/s1. The highest BCUT2D eigenvalue weighted by atomic mass is 35.5. The lowest BCUT2D eigenvalue weighted by atomic mass is 10.1. The third-order valence-corrected chi connectivity index (χ3v) is 5.18. The molecule has 4 rings (SSSR count). The lowest BCUT2D eigenvalue weighted by Gasteiger charge is -2.33. The number of likely N-dealkylation sites (N-methyl/N-ethyl adjacent to an activating group) is 1. The van der Waals surface area contributed by atoms with Gasteiger partial charge in [-0.05, 0) is 19.2 Å². The molecule has 2 aromatic rings. The van der Waals surface area contributed by atoms with E-state index >= 15 is 0 Å². The first-order chi connectivity index (χ1) is 13.0. The SMILES string of the molecule is CN1CCN(C(=O)C[C@@H]2c3nccnc3C(=O)N2c2ccc(Cl)cn2)CC1. The van der Waals surface area contributed by atoms with Crippen LogP contribution in [0.1, 0.15) is 28.6 Å². The van der Waals surface area contributed by atoms with Crippen molar-refractivity contribution in [2.45, 2.75) is 12.5 Å². The summed E-state index contributed by atoms with van der Waals surface area (Å²) < 4.78 is 0. The van der Waals surface area contributed by atoms with E-state index in [4.69, 9.17) is 11.6 Å². The summed E-state index contributed by atoms with van der Waals surface area (Å²) in [6.07, 6.45) is 4.64. The molecule has 9 heteroatoms. The van der Waals surface area contributed by atoms with Crippen molar-refractivity contribution in [3.63, 3.8) is 0 Å². The van der Waals surface area contributed by atoms with Crippen molar-refractivity contribution in [3.8, 4) is 0 Å². The molecule has 2 amide bonds. The summed E-state index contributed by atoms with van der Waals surface area (Å²) in [5.74, 6) is 0.128. The molecule has 140 valence electrons. The zero-order chi connectivity index (χ0) is 19.0. The maximum atomic E-state index is 12.9. The largest absolute Gasteiger partial charge is 0.340 e. The number of rotatable bonds is 3. The van der Waals surface area contributed by atoms with Gasteiger partial charge < -0.3 is 9.80 Å². The van der Waals surface area contributed by atoms with Crippen molar-refractivity contribution in [2.24, 2.45) is 0 Å². The first-order valence-corrected chi connectivity index (χ1v) is 9.14. The number of pyridine rings is 1. The summed E-state index contributed by atoms with van der Waals surface area (Å²) in [4.78, 5) is 44.1. The Morgan fingerprint density at radius 2 is 1.89 bits per heavy atom. The highest BCUT2D eigenvalue weighted by Crippen LogP contribution is 2.37. The average molecular weight is 387 g/mol. The molecule has 2 aromatic heterocycles. The highest BCUT2D eigenvalue weighted by Gasteiger charge is 2.42. The fraction of sp³-hybridized carbons (Fsp3) is 0.389. The van der Waals surface area contributed by atoms with E-state index in [9.17, 15) is 9.59 Å². The van der Waals surface area contributed by atoms with E-state index < -0.39 is 6.04 Å². The van der Waals surface area contributed by atoms with Crippen molar-refractivity contribution < 1.29 is 9.59 Å². The number of anilines is 1. The number of piperazine rings is 1. The van der Waals surface area contributed by atoms with E-state index in [-0.39, 0.29) is 23.9 Å². The molecule has 0 saturated carbocycles. The molecule has 27 heavy (non-hydrogen) atoms. The third kappa shape index (κ3) is 3.38. The van der Waals surface area contributed by atoms with Crippen LogP contribution in [0.5, 0.6) is 0 Å². The number of nitrogens with zero attached hydrogens (tertiary/aromatic N) is 6. The van der Waals surface area contributed by atoms with Gasteiger partial charge in [-0.15, -0.1) is 0 Å². The molecule has 0 aliphatic carbocycles. The minimum Gasteiger partial charge on any atom is -0.340 e. The number of hydrogen-bond acceptors (Lipinski definition) is 6. The van der Waals surface area contributed by atoms with Gasteiger partial charge in [-0.3, -0.25) is 19.5 Å². The van der Waals surface area contributed by atoms with Crippen LogP contribution < -0.4 is 4.90 Å². The first-order valence-electron chi connectivity index (χ1n) is 8.77. The molecule has 0 bridgehead atoms. The number of carbonyl (C=O) groups is 2. The summed E-state index contributed by atoms with van der Waals surface area (Å²) in [5.41, 5.74) is 0.784. The van der Waals surface area contributed by atoms with Gasteiger partial charge in [0.15, 0.2) is 5.69 Å². The van der Waals surface area contributed by atoms with E-state index in [0.717, 1.165) is 13.1 Å². The van der Waals surface area contributed by atoms with E-state index in [1.807, 2.05) is 11.9 Å². The molecule has 1 atom stereocenters. The monoisotopic (exact) mass is 386 g/mol. The van der Waals surface area contributed by atoms with Crippen LogP contribution in [0.3, 0.4) is 0 Å². The van der Waals surface area contributed by atoms with Gasteiger partial charge in [-0.1, -0.05) is 11.6 Å². The van der Waals surface area contributed by atoms with Crippen LogP contribution in [0, 0.1) is 0 Å². The van der Waals surface area contributed by atoms with Gasteiger partial charge in [-0.2, -0.15) is 0 Å². The second kappa shape index (κ2) is 7.21. The molecule has 0 aromatic carbocycles. The van der Waals surface area contributed by atoms with E-state index in [2.05, 4.69) is 19.9 Å². The third-order valence-electron chi connectivity index (χ3n) is 4.96. The Kier molecular flexibility index (Phi) is 4.75. The normalized spacial score (nSPS) is 20.1. The Balaban J connectivity index is 1.63. The van der Waals surface area contributed by atoms with Crippen LogP contribution in [-0.2, 0) is 4.79 Å². The maximum Gasteiger partial charge on any atom is 0.280 e. The van der Waals surface area contributed by atoms with Crippen molar-refractivity contribution in [2.75, 3.05) is 38.1 Å². The highest BCUT2D eigenvalue weighted by molar-refractivity contribution is 6.30. The number of aromatic nitrogens is 3. The summed E-state index contributed by atoms with van der Waals surface area (Å²) in [6, 6.07) is 2.81. The van der Waals surface area contributed by atoms with Crippen LogP contribution in [0.15, 0.2) is 30.7 Å². The molecule has 4 heterocycles. The Bertz CT molecular complexity index is 866. The Hall–Kier alpha value is -2.58. The number of carbonyl (C=O) groups excluding carboxylic acids is 2. The molecule has 1 saturated heterocycles. The second-order valence-electron chi connectivity index (χ2n) is 6.70. The molecule has 2 aliphatic heterocycles. The van der Waals surface area contributed by atoms with Crippen molar-refractivity contribution in [1.82, 2.24) is 24.8 Å². The maximum absolute atomic E-state index is 12.9. The van der Waals surface area contributed by atoms with E-state index in [1.54, 1.807) is 12.1 Å². The molecule has 8 nitrogen and oxygen atoms in total. The quantitative estimate of drug-likeness (QED) is 0.792. The van der Waals surface area contributed by atoms with Gasteiger partial charge in [0, 0.05) is 44.8 Å². The van der Waals surface area contributed by atoms with E-state index in [0.29, 0.717) is 29.6 Å². The Morgan fingerprint density at radius 3 is 2.59 bits per heavy atom. The van der Waals surface area contributed by atoms with Gasteiger partial charge in [-0.25, -0.2) is 9.97 Å². The van der Waals surface area contributed by atoms with Crippen LogP contribution in [0.25, 0.3) is 0 Å². The summed E-state index contributed by atoms with van der Waals surface area (Å²) in [7, 11) is 2.04. The average Bonchev–Trinajstić information content (AvgIpc) is 2.95. The van der Waals surface area contributed by atoms with Crippen molar-refractivity contribution in [3.05, 3.63) is 47.1 Å². The van der Waals surface area contributed by atoms with Crippen LogP contribution in [0.2, 0.25) is 5.02 Å². The van der Waals surface area contributed by atoms with Gasteiger partial charge in [0.2, 0.25) is 5.91 Å². The van der Waals surface area contributed by atoms with Crippen molar-refractivity contribution in [1.29, 1.82) is 0 Å². The Labute approximate surface area is 161 Å². The zero-order valence-corrected chi connectivity index (χ0v) is 15.6. The summed E-state index contributed by atoms with van der Waals surface area (Å²) in [5, 5.41) is 0.476. The summed E-state index contributed by atoms with van der Waals surface area (Å²) >= 11 is 5.92. The molecule has 0 unspecified atom stereocenters. The minimum absolute atomic E-state index is 0.00151. The molecule has 0 spiro atoms. The number of fused-ring (bicyclic) bond motifs is 1. The van der Waals surface area contributed by atoms with Crippen LogP contribution in [-0.4, -0.2) is 69.8 Å². The van der Waals surface area contributed by atoms with Crippen LogP contribution >= 0.6 is 11.6 Å². The topological polar surface area (TPSA) is 82.5 Å². The molecule has 1 fully saturated rings. The lowest BCUT2D eigenvalue weighted by molar-refractivity contribution is -0.133. The fourth-order valence-corrected chi connectivity index (χ4v) is 3.56. The molecule has 2 aliphatic rings. The van der Waals surface area contributed by atoms with Gasteiger partial charge in [0.25, 0.3) is 5.91 Å². The number of amides is 2.